The van der Waals surface area contributed by atoms with Gasteiger partial charge in [-0.3, -0.25) is 15.0 Å². The molecule has 19 nitrogen and oxygen atoms in total. The molecule has 7 rings (SSSR count). The number of fused-ring (bicyclic) bond motifs is 2. The van der Waals surface area contributed by atoms with Crippen molar-refractivity contribution >= 4 is 34.0 Å². The molecule has 21 heteroatoms. The molecule has 0 saturated carbocycles. The van der Waals surface area contributed by atoms with Crippen molar-refractivity contribution < 1.29 is 149 Å². The second kappa shape index (κ2) is 38.6. The first-order chi connectivity index (χ1) is 31.7. The summed E-state index contributed by atoms with van der Waals surface area (Å²) in [5, 5.41) is 96.6. The summed E-state index contributed by atoms with van der Waals surface area (Å²) in [4.78, 5) is 28.8. The van der Waals surface area contributed by atoms with Crippen LogP contribution in [0.25, 0.3) is 21.5 Å². The summed E-state index contributed by atoms with van der Waals surface area (Å²) >= 11 is 0. The fraction of sp³-hybridized carbons (Fsp3) is 0.170. The molecule has 0 spiro atoms. The normalized spacial score (nSPS) is 9.50. The second-order valence-electron chi connectivity index (χ2n) is 12.3. The molecule has 0 bridgehead atoms. The first kappa shape index (κ1) is 64.7. The molecule has 68 heavy (non-hydrogen) atoms. The maximum absolute atomic E-state index is 12.1. The van der Waals surface area contributed by atoms with Gasteiger partial charge in [0.1, 0.15) is 11.5 Å². The number of para-hydroxylation sites is 2. The molecule has 2 N–H and O–H groups in total. The van der Waals surface area contributed by atoms with Crippen LogP contribution >= 0.6 is 0 Å². The Labute approximate surface area is 474 Å². The zero-order valence-corrected chi connectivity index (χ0v) is 41.9. The van der Waals surface area contributed by atoms with Crippen molar-refractivity contribution in [2.75, 3.05) is 27.4 Å². The number of hydrogen-bond acceptors (Lipinski definition) is 17. The molecule has 0 aliphatic rings. The number of pyridine rings is 1. The minimum absolute atomic E-state index is 0. The number of aromatic nitrogens is 1. The number of aliphatic imine (C=N–C) groups is 2. The van der Waals surface area contributed by atoms with E-state index < -0.39 is 10.2 Å². The number of aliphatic hydroxyl groups is 2. The average molecular weight is 1210 g/mol. The van der Waals surface area contributed by atoms with Crippen LogP contribution in [0.15, 0.2) is 150 Å². The molecular weight excluding hydrogens is 1160 g/mol. The summed E-state index contributed by atoms with van der Waals surface area (Å²) in [6.45, 7) is 4.28. The third kappa shape index (κ3) is 25.1. The van der Waals surface area contributed by atoms with Gasteiger partial charge in [0.25, 0.3) is 0 Å². The zero-order chi connectivity index (χ0) is 49.3. The van der Waals surface area contributed by atoms with E-state index in [2.05, 4.69) is 15.0 Å². The largest absolute Gasteiger partial charge is 3.00 e. The van der Waals surface area contributed by atoms with Gasteiger partial charge in [0.2, 0.25) is 0 Å². The van der Waals surface area contributed by atoms with Gasteiger partial charge in [-0.1, -0.05) is 126 Å². The molecule has 6 aromatic carbocycles. The van der Waals surface area contributed by atoms with E-state index in [1.54, 1.807) is 87.2 Å². The first-order valence-electron chi connectivity index (χ1n) is 19.4. The van der Waals surface area contributed by atoms with Gasteiger partial charge in [-0.2, -0.15) is 0 Å². The number of ether oxygens (including phenoxy) is 2. The van der Waals surface area contributed by atoms with Gasteiger partial charge in [0.15, 0.2) is 0 Å². The summed E-state index contributed by atoms with van der Waals surface area (Å²) < 4.78 is 10.0. The molecule has 0 unspecified atom stereocenters. The summed E-state index contributed by atoms with van der Waals surface area (Å²) in [5.74, 6) is 0.0838. The number of rotatable bonds is 8. The SMILES string of the molecule is CCO.CCO.COc1cccc(CN=Cc2c([O-])ccc3ccccc23)c1[O-].COc1cccc(CN=Cc2c([O-])ccc3ccccc23)c1[O-].O=[N+]([O-])[O-].O=[N+]([O-])[O-].[Eu+3].[Eu+3].c1ccncc1. The minimum atomic E-state index is -1.75. The Kier molecular flexibility index (Phi) is 36.7. The molecule has 0 aliphatic heterocycles. The van der Waals surface area contributed by atoms with Crippen LogP contribution in [0, 0.1) is 129 Å². The van der Waals surface area contributed by atoms with Crippen LogP contribution in [-0.2, 0) is 13.1 Å². The van der Waals surface area contributed by atoms with Gasteiger partial charge in [-0.25, -0.2) is 0 Å². The summed E-state index contributed by atoms with van der Waals surface area (Å²) in [6.07, 6.45) is 6.59. The number of nitrogens with zero attached hydrogens (tertiary/aromatic N) is 5. The van der Waals surface area contributed by atoms with Gasteiger partial charge in [0, 0.05) is 38.0 Å². The predicted molar refractivity (Wildman–Crippen MR) is 245 cm³/mol. The van der Waals surface area contributed by atoms with Crippen LogP contribution in [-0.4, -0.2) is 65.2 Å². The zero-order valence-electron chi connectivity index (χ0n) is 37.0. The van der Waals surface area contributed by atoms with E-state index in [0.717, 1.165) is 21.5 Å². The van der Waals surface area contributed by atoms with Crippen molar-refractivity contribution in [3.63, 3.8) is 0 Å². The third-order valence-electron chi connectivity index (χ3n) is 7.95. The van der Waals surface area contributed by atoms with Crippen LogP contribution in [0.1, 0.15) is 36.1 Å². The second-order valence-corrected chi connectivity index (χ2v) is 12.3. The average Bonchev–Trinajstić information content (AvgIpc) is 3.30. The van der Waals surface area contributed by atoms with Crippen molar-refractivity contribution in [1.29, 1.82) is 0 Å². The van der Waals surface area contributed by atoms with Gasteiger partial charge < -0.3 is 70.8 Å². The Morgan fingerprint density at radius 1 is 0.529 bits per heavy atom. The maximum atomic E-state index is 12.1. The molecule has 1 heterocycles. The van der Waals surface area contributed by atoms with Gasteiger partial charge in [0.05, 0.1) is 37.5 Å². The van der Waals surface area contributed by atoms with E-state index in [-0.39, 0.29) is 148 Å². The smallest absolute Gasteiger partial charge is 0.872 e. The fourth-order valence-electron chi connectivity index (χ4n) is 5.29. The molecule has 0 radical (unpaired) electrons. The molecule has 0 amide bonds. The van der Waals surface area contributed by atoms with E-state index >= 15 is 0 Å². The summed E-state index contributed by atoms with van der Waals surface area (Å²) in [7, 11) is 2.92. The standard InChI is InChI=1S/2C19H17NO3.C5H5N.2C2H6O.2Eu.2NO3/c2*1-23-18-8-4-6-14(19(18)22)11-20-12-16-15-7-3-2-5-13(15)9-10-17(16)21;1-2-4-6-5-3-1;2*1-2-3;;;2*2-1(3)4/h2*2-10,12,21-22H,11H2,1H3;1-5H;2*3H,2H2,1H3;;;;/q;;;;;2*+3;2*-1/p-4. The molecule has 0 saturated heterocycles. The van der Waals surface area contributed by atoms with Crippen LogP contribution in [0.5, 0.6) is 34.5 Å². The Hall–Kier alpha value is -5.38. The summed E-state index contributed by atoms with van der Waals surface area (Å²) in [6, 6.07) is 37.9. The topological polar surface area (TPSA) is 321 Å². The minimum Gasteiger partial charge on any atom is -0.872 e. The van der Waals surface area contributed by atoms with E-state index in [4.69, 9.17) is 50.3 Å². The van der Waals surface area contributed by atoms with Crippen LogP contribution < -0.4 is 29.9 Å². The summed E-state index contributed by atoms with van der Waals surface area (Å²) in [5.41, 5.74) is 2.15. The Bertz CT molecular complexity index is 2380. The molecule has 0 atom stereocenters. The maximum Gasteiger partial charge on any atom is 3.00 e. The number of methoxy groups -OCH3 is 2. The first-order valence-corrected chi connectivity index (χ1v) is 19.4. The molecule has 358 valence electrons. The van der Waals surface area contributed by atoms with Crippen molar-refractivity contribution in [3.05, 3.63) is 193 Å². The monoisotopic (exact) mass is 1210 g/mol. The Balaban J connectivity index is 0. The molecule has 0 fully saturated rings. The Morgan fingerprint density at radius 3 is 1.16 bits per heavy atom. The van der Waals surface area contributed by atoms with E-state index in [0.29, 0.717) is 33.8 Å². The molecule has 0 aliphatic carbocycles. The quantitative estimate of drug-likeness (QED) is 0.103. The predicted octanol–water partition coefficient (Wildman–Crippen LogP) is 5.83. The third-order valence-corrected chi connectivity index (χ3v) is 7.95. The van der Waals surface area contributed by atoms with Crippen LogP contribution in [0.4, 0.5) is 0 Å². The van der Waals surface area contributed by atoms with Crippen LogP contribution in [0.3, 0.4) is 0 Å². The number of benzene rings is 6. The molecule has 1 aromatic heterocycles. The Morgan fingerprint density at radius 2 is 0.868 bits per heavy atom. The fourth-order valence-corrected chi connectivity index (χ4v) is 5.29. The van der Waals surface area contributed by atoms with Gasteiger partial charge in [-0.15, -0.1) is 0 Å². The number of hydrogen-bond donors (Lipinski definition) is 2. The van der Waals surface area contributed by atoms with Crippen LogP contribution in [0.2, 0.25) is 0 Å². The number of aliphatic hydroxyl groups excluding tert-OH is 2. The molecule has 7 aromatic rings. The molecular formula is C47H47Eu2N5O14. The van der Waals surface area contributed by atoms with E-state index in [1.165, 1.54) is 26.4 Å². The van der Waals surface area contributed by atoms with Crippen molar-refractivity contribution in [3.8, 4) is 34.5 Å². The van der Waals surface area contributed by atoms with Gasteiger partial charge in [-0.05, 0) is 81.9 Å². The van der Waals surface area contributed by atoms with Crippen molar-refractivity contribution in [1.82, 2.24) is 4.98 Å². The van der Waals surface area contributed by atoms with Crippen molar-refractivity contribution in [2.24, 2.45) is 9.98 Å². The van der Waals surface area contributed by atoms with Crippen molar-refractivity contribution in [2.45, 2.75) is 26.9 Å². The van der Waals surface area contributed by atoms with E-state index in [9.17, 15) is 20.4 Å². The van der Waals surface area contributed by atoms with E-state index in [1.807, 2.05) is 66.7 Å². The van der Waals surface area contributed by atoms with Gasteiger partial charge >= 0.3 is 98.8 Å².